The summed E-state index contributed by atoms with van der Waals surface area (Å²) >= 11 is 9.64. The Labute approximate surface area is 146 Å². The van der Waals surface area contributed by atoms with E-state index in [9.17, 15) is 0 Å². The molecule has 108 valence electrons. The normalized spacial score (nSPS) is 12.0. The fraction of sp³-hybridized carbons (Fsp3) is 0.0667. The lowest BCUT2D eigenvalue weighted by molar-refractivity contribution is 1.25. The molecule has 0 amide bonds. The van der Waals surface area contributed by atoms with E-state index in [-0.39, 0.29) is 0 Å². The maximum absolute atomic E-state index is 5.98. The molecule has 2 rings (SSSR count). The lowest BCUT2D eigenvalue weighted by Gasteiger charge is -1.99. The van der Waals surface area contributed by atoms with Crippen LogP contribution in [0.3, 0.4) is 0 Å². The van der Waals surface area contributed by atoms with Crippen molar-refractivity contribution in [2.75, 3.05) is 0 Å². The van der Waals surface area contributed by atoms with Gasteiger partial charge in [0.25, 0.3) is 0 Å². The molecule has 0 aromatic heterocycles. The Morgan fingerprint density at radius 3 is 2.71 bits per heavy atom. The molecule has 0 heterocycles. The van der Waals surface area contributed by atoms with Crippen molar-refractivity contribution in [2.24, 2.45) is 15.9 Å². The molecule has 2 aromatic rings. The van der Waals surface area contributed by atoms with Crippen LogP contribution in [0.25, 0.3) is 0 Å². The highest BCUT2D eigenvalue weighted by atomic mass is 127. The van der Waals surface area contributed by atoms with E-state index in [4.69, 9.17) is 17.3 Å². The maximum atomic E-state index is 5.98. The highest BCUT2D eigenvalue weighted by molar-refractivity contribution is 14.1. The number of rotatable bonds is 4. The number of hydrogen-bond acceptors (Lipinski definition) is 3. The maximum Gasteiger partial charge on any atom is 0.180 e. The predicted octanol–water partition coefficient (Wildman–Crippen LogP) is 4.53. The number of halogens is 2. The first-order chi connectivity index (χ1) is 10.1. The van der Waals surface area contributed by atoms with Crippen LogP contribution in [0.4, 0.5) is 0 Å². The van der Waals surface area contributed by atoms with Gasteiger partial charge in [0.05, 0.1) is 6.21 Å². The van der Waals surface area contributed by atoms with E-state index in [1.54, 1.807) is 6.21 Å². The van der Waals surface area contributed by atoms with Gasteiger partial charge in [-0.15, -0.1) is 5.10 Å². The van der Waals surface area contributed by atoms with E-state index in [0.29, 0.717) is 10.2 Å². The molecule has 6 heteroatoms. The lowest BCUT2D eigenvalue weighted by atomic mass is 10.2. The van der Waals surface area contributed by atoms with E-state index in [0.717, 1.165) is 14.9 Å². The summed E-state index contributed by atoms with van der Waals surface area (Å²) < 4.78 is 1.05. The van der Waals surface area contributed by atoms with Gasteiger partial charge in [-0.2, -0.15) is 5.10 Å². The molecule has 21 heavy (non-hydrogen) atoms. The fourth-order valence-electron chi connectivity index (χ4n) is 1.56. The Hall–Kier alpha value is -1.05. The average Bonchev–Trinajstić information content (AvgIpc) is 2.45. The van der Waals surface area contributed by atoms with Crippen molar-refractivity contribution >= 4 is 57.3 Å². The number of benzene rings is 2. The van der Waals surface area contributed by atoms with Gasteiger partial charge in [0.15, 0.2) is 5.17 Å². The number of thioether (sulfide) groups is 1. The zero-order chi connectivity index (χ0) is 15.1. The van der Waals surface area contributed by atoms with E-state index >= 15 is 0 Å². The van der Waals surface area contributed by atoms with Crippen molar-refractivity contribution in [1.82, 2.24) is 0 Å². The molecule has 0 bridgehead atoms. The van der Waals surface area contributed by atoms with Gasteiger partial charge in [-0.25, -0.2) is 0 Å². The number of amidine groups is 1. The Bertz CT molecular complexity index is 639. The molecule has 0 fully saturated rings. The molecule has 0 radical (unpaired) electrons. The van der Waals surface area contributed by atoms with Gasteiger partial charge >= 0.3 is 0 Å². The van der Waals surface area contributed by atoms with E-state index in [1.165, 1.54) is 17.3 Å². The largest absolute Gasteiger partial charge is 0.377 e. The highest BCUT2D eigenvalue weighted by Gasteiger charge is 1.97. The van der Waals surface area contributed by atoms with E-state index in [1.807, 2.05) is 36.4 Å². The number of nitrogens with two attached hydrogens (primary N) is 1. The minimum atomic E-state index is 0.437. The molecule has 0 saturated heterocycles. The van der Waals surface area contributed by atoms with Crippen molar-refractivity contribution in [3.05, 3.63) is 68.3 Å². The summed E-state index contributed by atoms with van der Waals surface area (Å²) in [4.78, 5) is 0. The minimum absolute atomic E-state index is 0.437. The first-order valence-electron chi connectivity index (χ1n) is 6.13. The summed E-state index contributed by atoms with van der Waals surface area (Å²) in [6.45, 7) is 0. The first kappa shape index (κ1) is 16.3. The molecule has 0 unspecified atom stereocenters. The van der Waals surface area contributed by atoms with Gasteiger partial charge in [-0.1, -0.05) is 53.7 Å². The number of hydrogen-bond donors (Lipinski definition) is 1. The lowest BCUT2D eigenvalue weighted by Crippen LogP contribution is -2.06. The van der Waals surface area contributed by atoms with Crippen LogP contribution in [0.1, 0.15) is 11.1 Å². The first-order valence-corrected chi connectivity index (χ1v) is 8.57. The molecular formula is C15H13ClIN3S. The molecule has 0 atom stereocenters. The summed E-state index contributed by atoms with van der Waals surface area (Å²) in [5.41, 5.74) is 7.92. The van der Waals surface area contributed by atoms with Crippen LogP contribution in [-0.2, 0) is 5.75 Å². The Balaban J connectivity index is 1.92. The quantitative estimate of drug-likeness (QED) is 0.336. The zero-order valence-corrected chi connectivity index (χ0v) is 14.8. The Kier molecular flexibility index (Phi) is 6.53. The molecule has 3 nitrogen and oxygen atoms in total. The van der Waals surface area contributed by atoms with Crippen molar-refractivity contribution < 1.29 is 0 Å². The van der Waals surface area contributed by atoms with Crippen LogP contribution in [0.2, 0.25) is 5.02 Å². The third-order valence-corrected chi connectivity index (χ3v) is 4.17. The third-order valence-electron chi connectivity index (χ3n) is 2.48. The summed E-state index contributed by atoms with van der Waals surface area (Å²) in [7, 11) is 0. The summed E-state index contributed by atoms with van der Waals surface area (Å²) in [6, 6.07) is 15.8. The molecular weight excluding hydrogens is 417 g/mol. The fourth-order valence-corrected chi connectivity index (χ4v) is 3.30. The number of nitrogens with zero attached hydrogens (tertiary/aromatic N) is 2. The van der Waals surface area contributed by atoms with Crippen molar-refractivity contribution in [3.63, 3.8) is 0 Å². The van der Waals surface area contributed by atoms with Crippen LogP contribution in [-0.4, -0.2) is 11.4 Å². The standard InChI is InChI=1S/C15H13ClIN3S/c16-13-6-12(7-14(17)8-13)9-19-20-15(18)21-10-11-4-2-1-3-5-11/h1-9H,10H2,(H2,18,20). The molecule has 0 aliphatic carbocycles. The molecule has 0 aliphatic rings. The Morgan fingerprint density at radius 2 is 2.00 bits per heavy atom. The van der Waals surface area contributed by atoms with Crippen molar-refractivity contribution in [2.45, 2.75) is 5.75 Å². The van der Waals surface area contributed by atoms with E-state index < -0.39 is 0 Å². The van der Waals surface area contributed by atoms with E-state index in [2.05, 4.69) is 44.9 Å². The second-order valence-electron chi connectivity index (χ2n) is 4.16. The van der Waals surface area contributed by atoms with Gasteiger partial charge in [-0.05, 0) is 51.9 Å². The highest BCUT2D eigenvalue weighted by Crippen LogP contribution is 2.16. The van der Waals surface area contributed by atoms with Crippen molar-refractivity contribution in [1.29, 1.82) is 0 Å². The molecule has 2 N–H and O–H groups in total. The second kappa shape index (κ2) is 8.41. The van der Waals surface area contributed by atoms with Crippen LogP contribution >= 0.6 is 46.0 Å². The minimum Gasteiger partial charge on any atom is -0.377 e. The predicted molar refractivity (Wildman–Crippen MR) is 101 cm³/mol. The Morgan fingerprint density at radius 1 is 1.24 bits per heavy atom. The van der Waals surface area contributed by atoms with Crippen LogP contribution in [0.15, 0.2) is 58.7 Å². The van der Waals surface area contributed by atoms with Gasteiger partial charge < -0.3 is 5.73 Å². The van der Waals surface area contributed by atoms with Crippen molar-refractivity contribution in [3.8, 4) is 0 Å². The average molecular weight is 430 g/mol. The monoisotopic (exact) mass is 429 g/mol. The zero-order valence-electron chi connectivity index (χ0n) is 11.0. The summed E-state index contributed by atoms with van der Waals surface area (Å²) in [5.74, 6) is 0.779. The smallest absolute Gasteiger partial charge is 0.180 e. The van der Waals surface area contributed by atoms with Crippen LogP contribution < -0.4 is 5.73 Å². The van der Waals surface area contributed by atoms with Gasteiger partial charge in [0.1, 0.15) is 0 Å². The molecule has 0 spiro atoms. The molecule has 0 aliphatic heterocycles. The third kappa shape index (κ3) is 6.07. The van der Waals surface area contributed by atoms with Crippen LogP contribution in [0.5, 0.6) is 0 Å². The van der Waals surface area contributed by atoms with Gasteiger partial charge in [-0.3, -0.25) is 0 Å². The topological polar surface area (TPSA) is 50.7 Å². The molecule has 0 saturated carbocycles. The van der Waals surface area contributed by atoms with Gasteiger partial charge in [0, 0.05) is 14.3 Å². The van der Waals surface area contributed by atoms with Gasteiger partial charge in [0.2, 0.25) is 0 Å². The summed E-state index contributed by atoms with van der Waals surface area (Å²) in [6.07, 6.45) is 1.64. The molecule has 2 aromatic carbocycles. The second-order valence-corrected chi connectivity index (χ2v) is 6.84. The summed E-state index contributed by atoms with van der Waals surface area (Å²) in [5, 5.41) is 9.08. The van der Waals surface area contributed by atoms with Crippen LogP contribution in [0, 0.1) is 3.57 Å². The SMILES string of the molecule is NC(=NN=Cc1cc(Cl)cc(I)c1)SCc1ccccc1.